The normalized spacial score (nSPS) is 14.4. The van der Waals surface area contributed by atoms with Gasteiger partial charge in [0.2, 0.25) is 29.5 Å². The molecule has 3 rings (SSSR count). The molecule has 0 spiro atoms. The summed E-state index contributed by atoms with van der Waals surface area (Å²) in [4.78, 5) is 93.4. The van der Waals surface area contributed by atoms with Crippen LogP contribution in [-0.2, 0) is 46.4 Å². The number of carbonyl (C=O) groups excluding carboxylic acids is 5. The number of H-pyrrole nitrogens is 1. The number of benzene rings is 2. The largest absolute Gasteiger partial charge is 0.508 e. The lowest BCUT2D eigenvalue weighted by molar-refractivity contribution is -0.144. The molecule has 6 unspecified atom stereocenters. The summed E-state index contributed by atoms with van der Waals surface area (Å²) in [5, 5.41) is 41.9. The molecule has 18 nitrogen and oxygen atoms in total. The van der Waals surface area contributed by atoms with Crippen molar-refractivity contribution in [1.29, 1.82) is 0 Å². The van der Waals surface area contributed by atoms with Crippen LogP contribution in [-0.4, -0.2) is 105 Å². The number of carboxylic acid groups (broad SMARTS) is 2. The number of aromatic nitrogens is 1. The highest BCUT2D eigenvalue weighted by molar-refractivity contribution is 5.97. The predicted molar refractivity (Wildman–Crippen MR) is 205 cm³/mol. The first kappa shape index (κ1) is 44.4. The van der Waals surface area contributed by atoms with Crippen LogP contribution in [0.25, 0.3) is 10.9 Å². The fraction of sp³-hybridized carbons (Fsp3) is 0.447. The summed E-state index contributed by atoms with van der Waals surface area (Å²) in [6, 6.07) is 5.44. The van der Waals surface area contributed by atoms with Gasteiger partial charge in [-0.3, -0.25) is 28.8 Å². The van der Waals surface area contributed by atoms with Crippen molar-refractivity contribution in [2.24, 2.45) is 17.4 Å². The molecule has 18 heteroatoms. The van der Waals surface area contributed by atoms with Crippen LogP contribution >= 0.6 is 0 Å². The number of aromatic amines is 1. The second-order valence-electron chi connectivity index (χ2n) is 13.9. The highest BCUT2D eigenvalue weighted by Gasteiger charge is 2.33. The molecule has 0 radical (unpaired) electrons. The number of phenols is 1. The van der Waals surface area contributed by atoms with Crippen molar-refractivity contribution in [1.82, 2.24) is 31.6 Å². The Hall–Kier alpha value is -6.01. The van der Waals surface area contributed by atoms with E-state index in [1.807, 2.05) is 24.3 Å². The molecule has 0 saturated carbocycles. The van der Waals surface area contributed by atoms with Gasteiger partial charge in [0.05, 0.1) is 12.5 Å². The van der Waals surface area contributed by atoms with E-state index in [0.29, 0.717) is 18.4 Å². The van der Waals surface area contributed by atoms with Crippen LogP contribution in [0.3, 0.4) is 0 Å². The third-order valence-corrected chi connectivity index (χ3v) is 9.03. The maximum Gasteiger partial charge on any atom is 0.326 e. The Morgan fingerprint density at radius 2 is 1.32 bits per heavy atom. The van der Waals surface area contributed by atoms with Gasteiger partial charge < -0.3 is 58.4 Å². The third kappa shape index (κ3) is 13.4. The summed E-state index contributed by atoms with van der Waals surface area (Å²) in [6.45, 7) is 4.68. The first-order valence-electron chi connectivity index (χ1n) is 18.3. The molecule has 0 fully saturated rings. The van der Waals surface area contributed by atoms with Crippen molar-refractivity contribution in [3.8, 4) is 5.75 Å². The average Bonchev–Trinajstić information content (AvgIpc) is 3.55. The van der Waals surface area contributed by atoms with E-state index in [0.717, 1.165) is 16.5 Å². The van der Waals surface area contributed by atoms with Crippen molar-refractivity contribution >= 4 is 52.4 Å². The van der Waals surface area contributed by atoms with Crippen LogP contribution < -0.4 is 38.1 Å². The Bertz CT molecular complexity index is 1850. The molecule has 0 aliphatic rings. The minimum absolute atomic E-state index is 0.0146. The van der Waals surface area contributed by atoms with Crippen molar-refractivity contribution in [2.45, 2.75) is 95.5 Å². The highest BCUT2D eigenvalue weighted by atomic mass is 16.4. The van der Waals surface area contributed by atoms with Gasteiger partial charge in [-0.2, -0.15) is 0 Å². The van der Waals surface area contributed by atoms with Gasteiger partial charge in [0.1, 0.15) is 36.0 Å². The number of hydrogen-bond acceptors (Lipinski definition) is 10. The van der Waals surface area contributed by atoms with Crippen molar-refractivity contribution in [3.05, 3.63) is 65.9 Å². The number of para-hydroxylation sites is 1. The number of carboxylic acids is 2. The lowest BCUT2D eigenvalue weighted by atomic mass is 10.0. The summed E-state index contributed by atoms with van der Waals surface area (Å²) in [6.07, 6.45) is 1.73. The molecule has 2 aromatic carbocycles. The van der Waals surface area contributed by atoms with Gasteiger partial charge in [-0.05, 0) is 74.4 Å². The van der Waals surface area contributed by atoms with Crippen LogP contribution in [0.1, 0.15) is 57.6 Å². The molecular formula is C38H52N8O10. The third-order valence-electron chi connectivity index (χ3n) is 9.03. The van der Waals surface area contributed by atoms with Crippen LogP contribution in [0, 0.1) is 5.92 Å². The van der Waals surface area contributed by atoms with Crippen LogP contribution in [0.5, 0.6) is 5.75 Å². The lowest BCUT2D eigenvalue weighted by Gasteiger charge is -2.26. The molecule has 1 aromatic heterocycles. The number of nitrogens with one attached hydrogen (secondary N) is 6. The molecule has 304 valence electrons. The zero-order chi connectivity index (χ0) is 41.5. The van der Waals surface area contributed by atoms with E-state index in [1.165, 1.54) is 19.1 Å². The second kappa shape index (κ2) is 21.2. The topological polar surface area (TPSA) is 308 Å². The van der Waals surface area contributed by atoms with Gasteiger partial charge >= 0.3 is 11.9 Å². The number of aromatic hydroxyl groups is 1. The number of amides is 5. The Labute approximate surface area is 323 Å². The minimum Gasteiger partial charge on any atom is -0.508 e. The Morgan fingerprint density at radius 3 is 1.95 bits per heavy atom. The molecule has 3 aromatic rings. The van der Waals surface area contributed by atoms with Gasteiger partial charge in [0, 0.05) is 23.5 Å². The number of unbranched alkanes of at least 4 members (excludes halogenated alkanes) is 1. The molecular weight excluding hydrogens is 728 g/mol. The zero-order valence-corrected chi connectivity index (χ0v) is 31.5. The Morgan fingerprint density at radius 1 is 0.714 bits per heavy atom. The van der Waals surface area contributed by atoms with E-state index in [4.69, 9.17) is 11.5 Å². The monoisotopic (exact) mass is 780 g/mol. The van der Waals surface area contributed by atoms with Gasteiger partial charge in [-0.25, -0.2) is 4.79 Å². The molecule has 1 heterocycles. The smallest absolute Gasteiger partial charge is 0.326 e. The SMILES string of the molecule is CC(NC(=O)C(CC(=O)O)NC(=O)C(CCCCN)NC(=O)C(Cc1ccc(O)cc1)NC(=O)C(N)Cc1c[nH]c2ccccc12)C(=O)NC(C(=O)O)C(C)C. The van der Waals surface area contributed by atoms with E-state index >= 15 is 0 Å². The molecule has 0 bridgehead atoms. The number of phenolic OH excluding ortho intramolecular Hbond substituents is 1. The molecule has 0 aliphatic carbocycles. The van der Waals surface area contributed by atoms with Gasteiger partial charge in [-0.15, -0.1) is 0 Å². The van der Waals surface area contributed by atoms with E-state index < -0.39 is 90.1 Å². The number of fused-ring (bicyclic) bond motifs is 1. The van der Waals surface area contributed by atoms with Crippen molar-refractivity contribution in [3.63, 3.8) is 0 Å². The average molecular weight is 781 g/mol. The number of nitrogens with two attached hydrogens (primary N) is 2. The summed E-state index contributed by atoms with van der Waals surface area (Å²) < 4.78 is 0. The van der Waals surface area contributed by atoms with Crippen molar-refractivity contribution < 1.29 is 48.9 Å². The van der Waals surface area contributed by atoms with E-state index in [9.17, 15) is 48.9 Å². The van der Waals surface area contributed by atoms with Gasteiger partial charge in [-0.1, -0.05) is 44.2 Å². The molecule has 56 heavy (non-hydrogen) atoms. The molecule has 5 amide bonds. The predicted octanol–water partition coefficient (Wildman–Crippen LogP) is -0.226. The highest BCUT2D eigenvalue weighted by Crippen LogP contribution is 2.19. The fourth-order valence-electron chi connectivity index (χ4n) is 5.85. The molecule has 6 atom stereocenters. The Balaban J connectivity index is 1.80. The van der Waals surface area contributed by atoms with Crippen LogP contribution in [0.2, 0.25) is 0 Å². The fourth-order valence-corrected chi connectivity index (χ4v) is 5.85. The van der Waals surface area contributed by atoms with Crippen LogP contribution in [0.15, 0.2) is 54.7 Å². The maximum atomic E-state index is 13.9. The number of hydrogen-bond donors (Lipinski definition) is 11. The molecule has 0 aliphatic heterocycles. The maximum absolute atomic E-state index is 13.9. The Kier molecular flexibility index (Phi) is 16.8. The second-order valence-corrected chi connectivity index (χ2v) is 13.9. The number of carbonyl (C=O) groups is 7. The van der Waals surface area contributed by atoms with E-state index in [-0.39, 0.29) is 31.6 Å². The van der Waals surface area contributed by atoms with Crippen LogP contribution in [0.4, 0.5) is 0 Å². The summed E-state index contributed by atoms with van der Waals surface area (Å²) in [7, 11) is 0. The summed E-state index contributed by atoms with van der Waals surface area (Å²) >= 11 is 0. The standard InChI is InChI=1S/C38H52N8O10/c1-20(2)32(38(55)56)46-33(50)21(3)42-36(53)30(18-31(48)49)45-35(52)28(10-6-7-15-39)43-37(54)29(16-22-11-13-24(47)14-12-22)44-34(51)26(40)17-23-19-41-27-9-5-4-8-25(23)27/h4-5,8-9,11-14,19-21,26,28-30,32,41,47H,6-7,10,15-18,39-40H2,1-3H3,(H,42,53)(H,43,54)(H,44,51)(H,45,52)(H,46,50)(H,48,49)(H,55,56). The molecule has 13 N–H and O–H groups in total. The number of aliphatic carboxylic acids is 2. The first-order valence-corrected chi connectivity index (χ1v) is 18.3. The quantitative estimate of drug-likeness (QED) is 0.0590. The lowest BCUT2D eigenvalue weighted by Crippen LogP contribution is -2.59. The zero-order valence-electron chi connectivity index (χ0n) is 31.5. The first-order chi connectivity index (χ1) is 26.5. The van der Waals surface area contributed by atoms with Gasteiger partial charge in [0.15, 0.2) is 0 Å². The van der Waals surface area contributed by atoms with E-state index in [1.54, 1.807) is 32.2 Å². The summed E-state index contributed by atoms with van der Waals surface area (Å²) in [5.41, 5.74) is 14.2. The van der Waals surface area contributed by atoms with Gasteiger partial charge in [0.25, 0.3) is 0 Å². The molecule has 0 saturated heterocycles. The summed E-state index contributed by atoms with van der Waals surface area (Å²) in [5.74, 6) is -7.53. The number of rotatable bonds is 22. The van der Waals surface area contributed by atoms with Crippen molar-refractivity contribution in [2.75, 3.05) is 6.54 Å². The minimum atomic E-state index is -1.71. The van der Waals surface area contributed by atoms with E-state index in [2.05, 4.69) is 31.6 Å².